The maximum Gasteiger partial charge on any atom is 0.475 e. The van der Waals surface area contributed by atoms with Crippen LogP contribution in [0.25, 0.3) is 33.6 Å². The summed E-state index contributed by atoms with van der Waals surface area (Å²) in [7, 11) is -0.355. The second kappa shape index (κ2) is 14.4. The average Bonchev–Trinajstić information content (AvgIpc) is 3.32. The minimum absolute atomic E-state index is 0. The van der Waals surface area contributed by atoms with Crippen molar-refractivity contribution in [3.05, 3.63) is 127 Å². The first-order valence-electron chi connectivity index (χ1n) is 16.1. The molecule has 3 aromatic carbocycles. The molecular weight excluding hydrogens is 755 g/mol. The fourth-order valence-electron chi connectivity index (χ4n) is 6.76. The van der Waals surface area contributed by atoms with Crippen LogP contribution in [0.3, 0.4) is 0 Å². The maximum absolute atomic E-state index is 6.08. The van der Waals surface area contributed by atoms with Gasteiger partial charge in [-0.05, 0) is 81.1 Å². The third-order valence-corrected chi connectivity index (χ3v) is 10.1. The Balaban J connectivity index is 0.000000179. The molecule has 6 heteroatoms. The molecule has 0 N–H and O–H groups in total. The summed E-state index contributed by atoms with van der Waals surface area (Å²) in [6.07, 6.45) is 9.15. The number of hydrogen-bond acceptors (Lipinski definition) is 4. The minimum atomic E-state index is -0.355. The fourth-order valence-corrected chi connectivity index (χ4v) is 6.76. The van der Waals surface area contributed by atoms with Gasteiger partial charge in [-0.25, -0.2) is 0 Å². The molecule has 9 rings (SSSR count). The summed E-state index contributed by atoms with van der Waals surface area (Å²) in [5, 5.41) is 0. The molecule has 1 saturated heterocycles. The second-order valence-electron chi connectivity index (χ2n) is 13.4. The monoisotopic (exact) mass is 799 g/mol. The van der Waals surface area contributed by atoms with Crippen molar-refractivity contribution in [2.75, 3.05) is 0 Å². The molecule has 3 heterocycles. The molecule has 0 spiro atoms. The molecule has 1 radical (unpaired) electrons. The molecule has 4 nitrogen and oxygen atoms in total. The molecular formula is C41H43BIrN2O2-2. The van der Waals surface area contributed by atoms with E-state index < -0.39 is 0 Å². The standard InChI is InChI=1S/C23H20N.C17H19BNO2.CH4.Ir/c1-2-4-16(5-3-1)19-12-13-24-23(15-19)20-10-11-21-17-6-8-18(9-7-17)22(21)14-20;1-16(2)17(3,4)21-18(20-16)14-9-7-8-13(12-14)15-10-5-6-11-19-15;;/h1-5,11-15,17-18H,6-9H2;5-7,9-12H,1-4H3;1H4;/q2*-1;;. The van der Waals surface area contributed by atoms with Crippen molar-refractivity contribution in [1.82, 2.24) is 9.97 Å². The van der Waals surface area contributed by atoms with Gasteiger partial charge in [0, 0.05) is 32.5 Å². The topological polar surface area (TPSA) is 44.2 Å². The zero-order chi connectivity index (χ0) is 31.0. The predicted molar refractivity (Wildman–Crippen MR) is 189 cm³/mol. The molecule has 0 amide bonds. The van der Waals surface area contributed by atoms with Crippen LogP contribution in [0.1, 0.15) is 83.8 Å². The summed E-state index contributed by atoms with van der Waals surface area (Å²) < 4.78 is 12.2. The molecule has 0 unspecified atom stereocenters. The molecule has 0 atom stereocenters. The van der Waals surface area contributed by atoms with Gasteiger partial charge in [-0.1, -0.05) is 74.7 Å². The number of aromatic nitrogens is 2. The van der Waals surface area contributed by atoms with Gasteiger partial charge in [-0.15, -0.1) is 70.2 Å². The van der Waals surface area contributed by atoms with Crippen LogP contribution in [0.2, 0.25) is 0 Å². The van der Waals surface area contributed by atoms with Crippen LogP contribution in [-0.4, -0.2) is 28.3 Å². The number of fused-ring (bicyclic) bond motifs is 2. The molecule has 243 valence electrons. The quantitative estimate of drug-likeness (QED) is 0.134. The van der Waals surface area contributed by atoms with Crippen LogP contribution < -0.4 is 5.46 Å². The molecule has 4 aliphatic rings. The average molecular weight is 799 g/mol. The summed E-state index contributed by atoms with van der Waals surface area (Å²) >= 11 is 0. The van der Waals surface area contributed by atoms with Crippen molar-refractivity contribution in [2.45, 2.75) is 83.8 Å². The maximum atomic E-state index is 6.08. The zero-order valence-electron chi connectivity index (χ0n) is 26.9. The summed E-state index contributed by atoms with van der Waals surface area (Å²) in [6.45, 7) is 8.23. The van der Waals surface area contributed by atoms with Crippen LogP contribution in [0, 0.1) is 12.1 Å². The SMILES string of the molecule is C.CC1(C)OB(c2cc[c-]c(-c3ccccn3)c2)OC1(C)C.[Ir].[c-]1cc2c(cc1-c1cc(-c3ccccc3)ccn1)C1CCC2CC1. The minimum Gasteiger partial charge on any atom is -0.400 e. The van der Waals surface area contributed by atoms with E-state index in [-0.39, 0.29) is 45.9 Å². The van der Waals surface area contributed by atoms with E-state index in [1.54, 1.807) is 17.3 Å². The van der Waals surface area contributed by atoms with Crippen molar-refractivity contribution in [1.29, 1.82) is 0 Å². The number of rotatable bonds is 4. The molecule has 2 fully saturated rings. The van der Waals surface area contributed by atoms with Crippen LogP contribution in [0.15, 0.2) is 103 Å². The summed E-state index contributed by atoms with van der Waals surface area (Å²) in [5.41, 5.74) is 9.92. The molecule has 2 bridgehead atoms. The van der Waals surface area contributed by atoms with Gasteiger partial charge in [0.2, 0.25) is 0 Å². The molecule has 2 aromatic heterocycles. The largest absolute Gasteiger partial charge is 0.475 e. The van der Waals surface area contributed by atoms with E-state index in [2.05, 4.69) is 104 Å². The third-order valence-electron chi connectivity index (χ3n) is 10.1. The van der Waals surface area contributed by atoms with Crippen LogP contribution in [0.5, 0.6) is 0 Å². The molecule has 3 aliphatic carbocycles. The number of hydrogen-bond donors (Lipinski definition) is 0. The Morgan fingerprint density at radius 2 is 1.30 bits per heavy atom. The molecule has 5 aromatic rings. The second-order valence-corrected chi connectivity index (χ2v) is 13.4. The number of nitrogens with zero attached hydrogens (tertiary/aromatic N) is 2. The Morgan fingerprint density at radius 1 is 0.660 bits per heavy atom. The predicted octanol–water partition coefficient (Wildman–Crippen LogP) is 9.45. The first-order valence-corrected chi connectivity index (χ1v) is 16.1. The molecule has 1 saturated carbocycles. The van der Waals surface area contributed by atoms with Gasteiger partial charge in [0.15, 0.2) is 0 Å². The Kier molecular flexibility index (Phi) is 10.7. The van der Waals surface area contributed by atoms with E-state index in [1.165, 1.54) is 36.8 Å². The van der Waals surface area contributed by atoms with Crippen LogP contribution in [-0.2, 0) is 29.4 Å². The first kappa shape index (κ1) is 34.9. The van der Waals surface area contributed by atoms with Gasteiger partial charge >= 0.3 is 7.12 Å². The van der Waals surface area contributed by atoms with Gasteiger partial charge in [0.1, 0.15) is 0 Å². The van der Waals surface area contributed by atoms with E-state index in [0.717, 1.165) is 39.8 Å². The van der Waals surface area contributed by atoms with E-state index in [1.807, 2.05) is 42.6 Å². The Morgan fingerprint density at radius 3 is 1.98 bits per heavy atom. The van der Waals surface area contributed by atoms with Gasteiger partial charge in [0.25, 0.3) is 0 Å². The van der Waals surface area contributed by atoms with E-state index in [0.29, 0.717) is 0 Å². The van der Waals surface area contributed by atoms with E-state index in [4.69, 9.17) is 9.31 Å². The first-order chi connectivity index (χ1) is 21.8. The van der Waals surface area contributed by atoms with Gasteiger partial charge in [-0.3, -0.25) is 0 Å². The Bertz CT molecular complexity index is 1770. The van der Waals surface area contributed by atoms with E-state index >= 15 is 0 Å². The van der Waals surface area contributed by atoms with Gasteiger partial charge < -0.3 is 19.3 Å². The van der Waals surface area contributed by atoms with Crippen molar-refractivity contribution in [3.8, 4) is 33.6 Å². The van der Waals surface area contributed by atoms with Crippen molar-refractivity contribution >= 4 is 12.6 Å². The van der Waals surface area contributed by atoms with Crippen molar-refractivity contribution in [3.63, 3.8) is 0 Å². The number of pyridine rings is 2. The van der Waals surface area contributed by atoms with Crippen molar-refractivity contribution in [2.24, 2.45) is 0 Å². The normalized spacial score (nSPS) is 19.8. The van der Waals surface area contributed by atoms with Crippen LogP contribution >= 0.6 is 0 Å². The molecule has 47 heavy (non-hydrogen) atoms. The summed E-state index contributed by atoms with van der Waals surface area (Å²) in [6, 6.07) is 37.9. The van der Waals surface area contributed by atoms with E-state index in [9.17, 15) is 0 Å². The van der Waals surface area contributed by atoms with Crippen molar-refractivity contribution < 1.29 is 29.4 Å². The molecule has 1 aliphatic heterocycles. The Labute approximate surface area is 294 Å². The zero-order valence-corrected chi connectivity index (χ0v) is 29.3. The number of benzene rings is 3. The van der Waals surface area contributed by atoms with Crippen LogP contribution in [0.4, 0.5) is 0 Å². The summed E-state index contributed by atoms with van der Waals surface area (Å²) in [4.78, 5) is 8.98. The van der Waals surface area contributed by atoms with Gasteiger partial charge in [0.05, 0.1) is 11.2 Å². The Hall–Kier alpha value is -3.41. The summed E-state index contributed by atoms with van der Waals surface area (Å²) in [5.74, 6) is 1.54. The smallest absolute Gasteiger partial charge is 0.400 e. The fraction of sp³-hybridized carbons (Fsp3) is 0.317. The van der Waals surface area contributed by atoms with Gasteiger partial charge in [-0.2, -0.15) is 0 Å². The third kappa shape index (κ3) is 7.22.